The van der Waals surface area contributed by atoms with E-state index in [0.29, 0.717) is 30.3 Å². The standard InChI is InChI=1S/C11H23BrO5Si/c1-10(2,12)9(13)15-7-5-14-6-8-16-11(3,4)17-18/h5-8H2,1-4,18H3. The first-order chi connectivity index (χ1) is 8.19. The number of alkyl halides is 1. The van der Waals surface area contributed by atoms with E-state index in [2.05, 4.69) is 15.9 Å². The first kappa shape index (κ1) is 18.0. The minimum absolute atomic E-state index is 0.244. The molecule has 0 rings (SSSR count). The Hall–Kier alpha value is 0.0469. The monoisotopic (exact) mass is 342 g/mol. The number of carbonyl (C=O) groups is 1. The molecule has 0 aromatic heterocycles. The summed E-state index contributed by atoms with van der Waals surface area (Å²) in [5.74, 6) is -0.838. The second-order valence-electron chi connectivity index (χ2n) is 4.67. The van der Waals surface area contributed by atoms with Crippen molar-refractivity contribution in [2.75, 3.05) is 26.4 Å². The summed E-state index contributed by atoms with van der Waals surface area (Å²) in [5.41, 5.74) is 0. The number of hydrogen-bond donors (Lipinski definition) is 0. The number of esters is 1. The van der Waals surface area contributed by atoms with Gasteiger partial charge in [0.15, 0.2) is 5.79 Å². The summed E-state index contributed by atoms with van der Waals surface area (Å²) in [7, 11) is 0.633. The zero-order valence-corrected chi connectivity index (χ0v) is 15.3. The zero-order valence-electron chi connectivity index (χ0n) is 11.7. The first-order valence-corrected chi connectivity index (χ1v) is 7.43. The molecule has 0 atom stereocenters. The molecule has 0 aliphatic heterocycles. The Balaban J connectivity index is 3.45. The molecule has 0 aromatic rings. The lowest BCUT2D eigenvalue weighted by Gasteiger charge is -2.24. The average molecular weight is 343 g/mol. The van der Waals surface area contributed by atoms with Crippen LogP contribution in [-0.2, 0) is 23.4 Å². The van der Waals surface area contributed by atoms with Crippen LogP contribution in [0.1, 0.15) is 27.7 Å². The molecule has 0 fully saturated rings. The summed E-state index contributed by atoms with van der Waals surface area (Å²) in [5, 5.41) is 0. The van der Waals surface area contributed by atoms with Gasteiger partial charge in [0.2, 0.25) is 0 Å². The molecule has 0 N–H and O–H groups in total. The fourth-order valence-electron chi connectivity index (χ4n) is 0.872. The van der Waals surface area contributed by atoms with Gasteiger partial charge in [-0.2, -0.15) is 0 Å². The van der Waals surface area contributed by atoms with Crippen LogP contribution in [0.5, 0.6) is 0 Å². The third kappa shape index (κ3) is 9.04. The van der Waals surface area contributed by atoms with Crippen LogP contribution in [0.3, 0.4) is 0 Å². The molecule has 108 valence electrons. The van der Waals surface area contributed by atoms with Crippen molar-refractivity contribution < 1.29 is 23.4 Å². The van der Waals surface area contributed by atoms with Crippen molar-refractivity contribution >= 4 is 32.4 Å². The number of hydrogen-bond acceptors (Lipinski definition) is 5. The van der Waals surface area contributed by atoms with Gasteiger partial charge in [0.1, 0.15) is 21.4 Å². The van der Waals surface area contributed by atoms with Crippen LogP contribution in [0, 0.1) is 0 Å². The highest BCUT2D eigenvalue weighted by Gasteiger charge is 2.25. The average Bonchev–Trinajstić information content (AvgIpc) is 2.26. The number of ether oxygens (including phenoxy) is 3. The molecular weight excluding hydrogens is 320 g/mol. The third-order valence-electron chi connectivity index (χ3n) is 2.12. The number of halogens is 1. The molecule has 0 unspecified atom stereocenters. The van der Waals surface area contributed by atoms with Crippen molar-refractivity contribution in [2.24, 2.45) is 0 Å². The van der Waals surface area contributed by atoms with E-state index in [4.69, 9.17) is 18.6 Å². The Kier molecular flexibility index (Phi) is 8.29. The lowest BCUT2D eigenvalue weighted by atomic mass is 10.2. The van der Waals surface area contributed by atoms with Gasteiger partial charge in [0, 0.05) is 0 Å². The smallest absolute Gasteiger partial charge is 0.322 e. The molecule has 0 heterocycles. The van der Waals surface area contributed by atoms with E-state index in [1.54, 1.807) is 13.8 Å². The quantitative estimate of drug-likeness (QED) is 0.204. The van der Waals surface area contributed by atoms with Gasteiger partial charge in [-0.15, -0.1) is 0 Å². The molecule has 0 amide bonds. The fourth-order valence-corrected chi connectivity index (χ4v) is 1.10. The van der Waals surface area contributed by atoms with Crippen molar-refractivity contribution in [3.63, 3.8) is 0 Å². The van der Waals surface area contributed by atoms with Crippen LogP contribution < -0.4 is 0 Å². The molecule has 0 radical (unpaired) electrons. The second kappa shape index (κ2) is 8.26. The minimum atomic E-state index is -0.650. The van der Waals surface area contributed by atoms with Gasteiger partial charge in [-0.25, -0.2) is 0 Å². The lowest BCUT2D eigenvalue weighted by molar-refractivity contribution is -0.164. The summed E-state index contributed by atoms with van der Waals surface area (Å²) in [6, 6.07) is 0. The highest BCUT2D eigenvalue weighted by atomic mass is 79.9. The second-order valence-corrected chi connectivity index (χ2v) is 7.06. The van der Waals surface area contributed by atoms with E-state index in [9.17, 15) is 4.79 Å². The van der Waals surface area contributed by atoms with Gasteiger partial charge in [-0.3, -0.25) is 4.79 Å². The van der Waals surface area contributed by atoms with Gasteiger partial charge in [0.05, 0.1) is 19.8 Å². The van der Waals surface area contributed by atoms with Crippen LogP contribution in [0.2, 0.25) is 0 Å². The van der Waals surface area contributed by atoms with Crippen molar-refractivity contribution in [1.29, 1.82) is 0 Å². The van der Waals surface area contributed by atoms with Gasteiger partial charge in [0.25, 0.3) is 0 Å². The van der Waals surface area contributed by atoms with Gasteiger partial charge in [-0.05, 0) is 27.7 Å². The first-order valence-electron chi connectivity index (χ1n) is 5.82. The number of carbonyl (C=O) groups excluding carboxylic acids is 1. The Labute approximate surface area is 120 Å². The van der Waals surface area contributed by atoms with E-state index >= 15 is 0 Å². The Morgan fingerprint density at radius 1 is 1.11 bits per heavy atom. The maximum atomic E-state index is 11.4. The molecular formula is C11H23BrO5Si. The van der Waals surface area contributed by atoms with Gasteiger partial charge >= 0.3 is 5.97 Å². The maximum Gasteiger partial charge on any atom is 0.322 e. The summed E-state index contributed by atoms with van der Waals surface area (Å²) in [6.07, 6.45) is 0. The number of rotatable bonds is 9. The maximum absolute atomic E-state index is 11.4. The molecule has 0 aromatic carbocycles. The summed E-state index contributed by atoms with van der Waals surface area (Å²) < 4.78 is 20.3. The van der Waals surface area contributed by atoms with Crippen molar-refractivity contribution in [3.8, 4) is 0 Å². The fraction of sp³-hybridized carbons (Fsp3) is 0.909. The zero-order chi connectivity index (χ0) is 14.2. The molecule has 5 nitrogen and oxygen atoms in total. The van der Waals surface area contributed by atoms with E-state index in [1.807, 2.05) is 13.8 Å². The molecule has 18 heavy (non-hydrogen) atoms. The van der Waals surface area contributed by atoms with Crippen LogP contribution >= 0.6 is 15.9 Å². The van der Waals surface area contributed by atoms with Crippen LogP contribution in [0.15, 0.2) is 0 Å². The van der Waals surface area contributed by atoms with Crippen molar-refractivity contribution in [3.05, 3.63) is 0 Å². The molecule has 0 saturated carbocycles. The predicted molar refractivity (Wildman–Crippen MR) is 75.8 cm³/mol. The predicted octanol–water partition coefficient (Wildman–Crippen LogP) is 0.769. The van der Waals surface area contributed by atoms with Gasteiger partial charge in [-0.1, -0.05) is 15.9 Å². The highest BCUT2D eigenvalue weighted by Crippen LogP contribution is 2.17. The molecule has 0 saturated heterocycles. The third-order valence-corrected chi connectivity index (χ3v) is 3.42. The van der Waals surface area contributed by atoms with E-state index in [1.165, 1.54) is 0 Å². The molecule has 0 spiro atoms. The van der Waals surface area contributed by atoms with E-state index in [-0.39, 0.29) is 12.6 Å². The van der Waals surface area contributed by atoms with Crippen molar-refractivity contribution in [2.45, 2.75) is 37.8 Å². The Morgan fingerprint density at radius 3 is 2.17 bits per heavy atom. The summed E-state index contributed by atoms with van der Waals surface area (Å²) in [4.78, 5) is 11.4. The summed E-state index contributed by atoms with van der Waals surface area (Å²) in [6.45, 7) is 8.70. The normalized spacial score (nSPS) is 12.7. The summed E-state index contributed by atoms with van der Waals surface area (Å²) >= 11 is 3.22. The van der Waals surface area contributed by atoms with Gasteiger partial charge < -0.3 is 18.6 Å². The van der Waals surface area contributed by atoms with E-state index in [0.717, 1.165) is 0 Å². The molecule has 0 bridgehead atoms. The Morgan fingerprint density at radius 2 is 1.67 bits per heavy atom. The molecule has 7 heteroatoms. The van der Waals surface area contributed by atoms with Crippen molar-refractivity contribution in [1.82, 2.24) is 0 Å². The highest BCUT2D eigenvalue weighted by molar-refractivity contribution is 9.10. The Bertz CT molecular complexity index is 252. The van der Waals surface area contributed by atoms with E-state index < -0.39 is 10.1 Å². The topological polar surface area (TPSA) is 54.0 Å². The largest absolute Gasteiger partial charge is 0.462 e. The molecule has 0 aliphatic carbocycles. The minimum Gasteiger partial charge on any atom is -0.462 e. The lowest BCUT2D eigenvalue weighted by Crippen LogP contribution is -2.29. The van der Waals surface area contributed by atoms with Crippen LogP contribution in [0.25, 0.3) is 0 Å². The SMILES string of the molecule is CC(C)(O[SiH3])OCCOCCOC(=O)C(C)(C)Br. The van der Waals surface area contributed by atoms with Crippen LogP contribution in [-0.4, -0.2) is 53.0 Å². The molecule has 0 aliphatic rings. The van der Waals surface area contributed by atoms with Crippen LogP contribution in [0.4, 0.5) is 0 Å².